The molecule has 1 aromatic rings. The third kappa shape index (κ3) is 2.42. The summed E-state index contributed by atoms with van der Waals surface area (Å²) >= 11 is 0. The van der Waals surface area contributed by atoms with Crippen LogP contribution in [0.1, 0.15) is 12.5 Å². The van der Waals surface area contributed by atoms with Crippen molar-refractivity contribution in [2.45, 2.75) is 6.92 Å². The Morgan fingerprint density at radius 1 is 1.50 bits per heavy atom. The highest BCUT2D eigenvalue weighted by atomic mass is 19.1. The molecule has 0 atom stereocenters. The Hall–Kier alpha value is -1.64. The number of hydrogen-bond acceptors (Lipinski definition) is 2. The third-order valence-corrected chi connectivity index (χ3v) is 1.76. The summed E-state index contributed by atoms with van der Waals surface area (Å²) in [6.45, 7) is 1.66. The van der Waals surface area contributed by atoms with Crippen LogP contribution in [0, 0.1) is 5.82 Å². The molecule has 0 bridgehead atoms. The van der Waals surface area contributed by atoms with Crippen molar-refractivity contribution in [2.24, 2.45) is 0 Å². The number of hydrogen-bond donors (Lipinski definition) is 0. The molecule has 0 spiro atoms. The first-order valence-corrected chi connectivity index (χ1v) is 4.14. The van der Waals surface area contributed by atoms with E-state index in [4.69, 9.17) is 4.74 Å². The summed E-state index contributed by atoms with van der Waals surface area (Å²) < 4.78 is 17.9. The molecule has 0 fully saturated rings. The van der Waals surface area contributed by atoms with Crippen molar-refractivity contribution >= 4 is 12.4 Å². The van der Waals surface area contributed by atoms with E-state index >= 15 is 0 Å². The Kier molecular flexibility index (Phi) is 3.40. The van der Waals surface area contributed by atoms with E-state index in [9.17, 15) is 9.18 Å². The van der Waals surface area contributed by atoms with E-state index in [1.54, 1.807) is 19.1 Å². The lowest BCUT2D eigenvalue weighted by atomic mass is 10.1. The summed E-state index contributed by atoms with van der Waals surface area (Å²) in [7, 11) is 1.41. The molecule has 0 aliphatic carbocycles. The highest BCUT2D eigenvalue weighted by molar-refractivity contribution is 5.80. The van der Waals surface area contributed by atoms with Crippen LogP contribution in [-0.4, -0.2) is 13.4 Å². The molecule has 0 saturated heterocycles. The molecule has 74 valence electrons. The summed E-state index contributed by atoms with van der Waals surface area (Å²) in [6.07, 6.45) is 2.33. The number of aldehydes is 1. The second kappa shape index (κ2) is 4.56. The molecule has 0 heterocycles. The van der Waals surface area contributed by atoms with Crippen molar-refractivity contribution in [1.29, 1.82) is 0 Å². The Morgan fingerprint density at radius 2 is 2.21 bits per heavy atom. The van der Waals surface area contributed by atoms with Gasteiger partial charge in [0.05, 0.1) is 7.11 Å². The van der Waals surface area contributed by atoms with Gasteiger partial charge < -0.3 is 4.74 Å². The first-order valence-electron chi connectivity index (χ1n) is 4.14. The fraction of sp³-hybridized carbons (Fsp3) is 0.182. The van der Waals surface area contributed by atoms with Gasteiger partial charge in [0.15, 0.2) is 11.6 Å². The predicted octanol–water partition coefficient (Wildman–Crippen LogP) is 2.44. The second-order valence-electron chi connectivity index (χ2n) is 2.90. The average Bonchev–Trinajstić information content (AvgIpc) is 2.18. The molecular weight excluding hydrogens is 183 g/mol. The van der Waals surface area contributed by atoms with Gasteiger partial charge >= 0.3 is 0 Å². The van der Waals surface area contributed by atoms with E-state index in [0.29, 0.717) is 11.1 Å². The van der Waals surface area contributed by atoms with E-state index in [1.807, 2.05) is 0 Å². The number of carbonyl (C=O) groups excluding carboxylic acids is 1. The average molecular weight is 194 g/mol. The number of rotatable bonds is 3. The van der Waals surface area contributed by atoms with Crippen LogP contribution in [0.2, 0.25) is 0 Å². The molecule has 2 nitrogen and oxygen atoms in total. The summed E-state index contributed by atoms with van der Waals surface area (Å²) in [6, 6.07) is 4.54. The van der Waals surface area contributed by atoms with Gasteiger partial charge in [0.1, 0.15) is 6.29 Å². The van der Waals surface area contributed by atoms with Crippen molar-refractivity contribution in [1.82, 2.24) is 0 Å². The molecule has 1 rings (SSSR count). The maximum Gasteiger partial charge on any atom is 0.165 e. The first-order chi connectivity index (χ1) is 6.67. The van der Waals surface area contributed by atoms with Crippen molar-refractivity contribution in [3.63, 3.8) is 0 Å². The largest absolute Gasteiger partial charge is 0.494 e. The number of ether oxygens (including phenoxy) is 1. The van der Waals surface area contributed by atoms with E-state index in [2.05, 4.69) is 0 Å². The zero-order valence-corrected chi connectivity index (χ0v) is 8.08. The molecule has 14 heavy (non-hydrogen) atoms. The fourth-order valence-electron chi connectivity index (χ4n) is 1.07. The predicted molar refractivity (Wildman–Crippen MR) is 52.7 cm³/mol. The summed E-state index contributed by atoms with van der Waals surface area (Å²) in [5.74, 6) is -0.231. The van der Waals surface area contributed by atoms with Gasteiger partial charge in [-0.3, -0.25) is 4.79 Å². The van der Waals surface area contributed by atoms with Crippen LogP contribution in [0.25, 0.3) is 6.08 Å². The Balaban J connectivity index is 3.03. The normalized spacial score (nSPS) is 11.2. The van der Waals surface area contributed by atoms with Gasteiger partial charge in [-0.2, -0.15) is 0 Å². The van der Waals surface area contributed by atoms with Gasteiger partial charge in [-0.05, 0) is 36.3 Å². The van der Waals surface area contributed by atoms with Crippen LogP contribution in [0.3, 0.4) is 0 Å². The molecule has 0 aliphatic rings. The van der Waals surface area contributed by atoms with Gasteiger partial charge in [0, 0.05) is 0 Å². The van der Waals surface area contributed by atoms with Gasteiger partial charge in [0.25, 0.3) is 0 Å². The lowest BCUT2D eigenvalue weighted by Gasteiger charge is -2.01. The molecule has 0 aliphatic heterocycles. The Bertz CT molecular complexity index is 370. The summed E-state index contributed by atoms with van der Waals surface area (Å²) in [5.41, 5.74) is 1.20. The van der Waals surface area contributed by atoms with Crippen LogP contribution in [0.5, 0.6) is 5.75 Å². The van der Waals surface area contributed by atoms with Gasteiger partial charge in [-0.25, -0.2) is 4.39 Å². The minimum atomic E-state index is -0.431. The van der Waals surface area contributed by atoms with Gasteiger partial charge in [-0.1, -0.05) is 6.07 Å². The highest BCUT2D eigenvalue weighted by Crippen LogP contribution is 2.18. The number of halogens is 1. The molecule has 0 saturated carbocycles. The zero-order valence-electron chi connectivity index (χ0n) is 8.08. The molecule has 3 heteroatoms. The van der Waals surface area contributed by atoms with Gasteiger partial charge in [-0.15, -0.1) is 0 Å². The number of allylic oxidation sites excluding steroid dienone is 1. The third-order valence-electron chi connectivity index (χ3n) is 1.76. The molecule has 1 aromatic carbocycles. The van der Waals surface area contributed by atoms with Crippen LogP contribution < -0.4 is 4.74 Å². The lowest BCUT2D eigenvalue weighted by Crippen LogP contribution is -1.88. The van der Waals surface area contributed by atoms with Crippen molar-refractivity contribution in [3.05, 3.63) is 35.2 Å². The van der Waals surface area contributed by atoms with Crippen molar-refractivity contribution in [3.8, 4) is 5.75 Å². The summed E-state index contributed by atoms with van der Waals surface area (Å²) in [4.78, 5) is 10.3. The number of methoxy groups -OCH3 is 1. The monoisotopic (exact) mass is 194 g/mol. The molecular formula is C11H11FO2. The first kappa shape index (κ1) is 10.4. The topological polar surface area (TPSA) is 26.3 Å². The second-order valence-corrected chi connectivity index (χ2v) is 2.90. The Labute approximate surface area is 82.0 Å². The lowest BCUT2D eigenvalue weighted by molar-refractivity contribution is -0.104. The van der Waals surface area contributed by atoms with E-state index in [1.165, 1.54) is 19.2 Å². The van der Waals surface area contributed by atoms with Crippen LogP contribution in [0.4, 0.5) is 4.39 Å². The highest BCUT2D eigenvalue weighted by Gasteiger charge is 2.01. The molecule has 0 N–H and O–H groups in total. The quantitative estimate of drug-likeness (QED) is 0.545. The van der Waals surface area contributed by atoms with Crippen LogP contribution in [0.15, 0.2) is 23.8 Å². The fourth-order valence-corrected chi connectivity index (χ4v) is 1.07. The standard InChI is InChI=1S/C11H11FO2/c1-8(7-13)5-9-3-4-11(14-2)10(12)6-9/h3-7H,1-2H3. The van der Waals surface area contributed by atoms with Gasteiger partial charge in [0.2, 0.25) is 0 Å². The van der Waals surface area contributed by atoms with Crippen molar-refractivity contribution < 1.29 is 13.9 Å². The van der Waals surface area contributed by atoms with Crippen LogP contribution >= 0.6 is 0 Å². The molecule has 0 radical (unpaired) electrons. The Morgan fingerprint density at radius 3 is 2.71 bits per heavy atom. The van der Waals surface area contributed by atoms with E-state index in [0.717, 1.165) is 6.29 Å². The smallest absolute Gasteiger partial charge is 0.165 e. The van der Waals surface area contributed by atoms with Crippen molar-refractivity contribution in [2.75, 3.05) is 7.11 Å². The number of benzene rings is 1. The van der Waals surface area contributed by atoms with E-state index in [-0.39, 0.29) is 5.75 Å². The molecule has 0 unspecified atom stereocenters. The minimum absolute atomic E-state index is 0.200. The number of carbonyl (C=O) groups is 1. The maximum atomic E-state index is 13.2. The molecule has 0 aromatic heterocycles. The minimum Gasteiger partial charge on any atom is -0.494 e. The summed E-state index contributed by atoms with van der Waals surface area (Å²) in [5, 5.41) is 0. The molecule has 0 amide bonds. The zero-order chi connectivity index (χ0) is 10.6. The maximum absolute atomic E-state index is 13.2. The van der Waals surface area contributed by atoms with Crippen LogP contribution in [-0.2, 0) is 4.79 Å². The SMILES string of the molecule is COc1ccc(C=C(C)C=O)cc1F. The van der Waals surface area contributed by atoms with E-state index < -0.39 is 5.82 Å².